The zero-order chi connectivity index (χ0) is 26.5. The summed E-state index contributed by atoms with van der Waals surface area (Å²) in [4.78, 5) is 47.7. The lowest BCUT2D eigenvalue weighted by molar-refractivity contribution is -0.149. The molecule has 3 N–H and O–H groups in total. The number of rotatable bonds is 13. The molecule has 0 aromatic heterocycles. The van der Waals surface area contributed by atoms with Crippen molar-refractivity contribution in [3.05, 3.63) is 23.8 Å². The Morgan fingerprint density at radius 3 is 1.91 bits per heavy atom. The molecule has 3 atom stereocenters. The second-order valence-corrected chi connectivity index (χ2v) is 8.26. The maximum absolute atomic E-state index is 12.1. The molecule has 0 spiro atoms. The fourth-order valence-corrected chi connectivity index (χ4v) is 3.03. The molecule has 11 heteroatoms. The van der Waals surface area contributed by atoms with Crippen molar-refractivity contribution < 1.29 is 48.0 Å². The SMILES string of the molecule is CCCOC(=O)Oc1ccc(C(C(C)COC(=O)C(C)C)[C@H](N)C(=O)O)cc1OC(=O)OCCC. The van der Waals surface area contributed by atoms with Gasteiger partial charge in [-0.1, -0.05) is 40.7 Å². The van der Waals surface area contributed by atoms with Crippen LogP contribution in [-0.2, 0) is 23.8 Å². The molecule has 196 valence electrons. The number of hydrogen-bond donors (Lipinski definition) is 2. The Kier molecular flexibility index (Phi) is 12.6. The number of carbonyl (C=O) groups excluding carboxylic acids is 3. The van der Waals surface area contributed by atoms with Gasteiger partial charge in [-0.15, -0.1) is 0 Å². The van der Waals surface area contributed by atoms with Gasteiger partial charge in [-0.2, -0.15) is 0 Å². The number of ether oxygens (including phenoxy) is 5. The highest BCUT2D eigenvalue weighted by molar-refractivity contribution is 5.75. The highest BCUT2D eigenvalue weighted by Crippen LogP contribution is 2.36. The Hall–Kier alpha value is -3.34. The summed E-state index contributed by atoms with van der Waals surface area (Å²) in [5.41, 5.74) is 6.33. The van der Waals surface area contributed by atoms with Crippen molar-refractivity contribution in [2.24, 2.45) is 17.6 Å². The van der Waals surface area contributed by atoms with Gasteiger partial charge in [0.2, 0.25) is 0 Å². The molecule has 0 amide bonds. The van der Waals surface area contributed by atoms with Crippen molar-refractivity contribution in [1.29, 1.82) is 0 Å². The minimum Gasteiger partial charge on any atom is -0.480 e. The van der Waals surface area contributed by atoms with E-state index >= 15 is 0 Å². The quantitative estimate of drug-likeness (QED) is 0.231. The van der Waals surface area contributed by atoms with E-state index < -0.39 is 42.1 Å². The molecule has 0 aliphatic heterocycles. The van der Waals surface area contributed by atoms with Crippen molar-refractivity contribution in [3.63, 3.8) is 0 Å². The lowest BCUT2D eigenvalue weighted by Gasteiger charge is -2.28. The van der Waals surface area contributed by atoms with Gasteiger partial charge in [0.25, 0.3) is 0 Å². The molecular weight excluding hydrogens is 462 g/mol. The van der Waals surface area contributed by atoms with Gasteiger partial charge in [0, 0.05) is 5.92 Å². The maximum Gasteiger partial charge on any atom is 0.513 e. The summed E-state index contributed by atoms with van der Waals surface area (Å²) in [5, 5.41) is 9.57. The van der Waals surface area contributed by atoms with Gasteiger partial charge < -0.3 is 34.5 Å². The van der Waals surface area contributed by atoms with E-state index in [9.17, 15) is 24.3 Å². The van der Waals surface area contributed by atoms with E-state index in [1.54, 1.807) is 27.7 Å². The predicted octanol–water partition coefficient (Wildman–Crippen LogP) is 3.87. The van der Waals surface area contributed by atoms with Crippen LogP contribution in [0.15, 0.2) is 18.2 Å². The van der Waals surface area contributed by atoms with Gasteiger partial charge in [0.15, 0.2) is 11.5 Å². The van der Waals surface area contributed by atoms with Crippen molar-refractivity contribution in [3.8, 4) is 11.5 Å². The van der Waals surface area contributed by atoms with E-state index in [4.69, 9.17) is 29.4 Å². The van der Waals surface area contributed by atoms with Crippen LogP contribution in [0, 0.1) is 11.8 Å². The summed E-state index contributed by atoms with van der Waals surface area (Å²) in [5.74, 6) is -3.75. The molecule has 0 bridgehead atoms. The lowest BCUT2D eigenvalue weighted by Crippen LogP contribution is -2.40. The Labute approximate surface area is 204 Å². The molecule has 11 nitrogen and oxygen atoms in total. The number of benzene rings is 1. The number of esters is 1. The van der Waals surface area contributed by atoms with Crippen LogP contribution in [0.1, 0.15) is 58.9 Å². The van der Waals surface area contributed by atoms with Crippen LogP contribution in [-0.4, -0.2) is 55.2 Å². The first kappa shape index (κ1) is 29.7. The van der Waals surface area contributed by atoms with Crippen LogP contribution in [0.3, 0.4) is 0 Å². The third-order valence-electron chi connectivity index (χ3n) is 4.83. The summed E-state index contributed by atoms with van der Waals surface area (Å²) < 4.78 is 25.5. The summed E-state index contributed by atoms with van der Waals surface area (Å²) in [6.07, 6.45) is -0.897. The molecule has 0 saturated carbocycles. The first-order valence-corrected chi connectivity index (χ1v) is 11.5. The lowest BCUT2D eigenvalue weighted by atomic mass is 9.82. The molecule has 0 aliphatic rings. The van der Waals surface area contributed by atoms with Gasteiger partial charge >= 0.3 is 24.2 Å². The average Bonchev–Trinajstić information content (AvgIpc) is 2.81. The van der Waals surface area contributed by atoms with E-state index in [1.165, 1.54) is 18.2 Å². The highest BCUT2D eigenvalue weighted by Gasteiger charge is 2.33. The molecule has 0 saturated heterocycles. The molecule has 1 aromatic rings. The first-order valence-electron chi connectivity index (χ1n) is 11.5. The van der Waals surface area contributed by atoms with Gasteiger partial charge in [0.1, 0.15) is 6.04 Å². The Bertz CT molecular complexity index is 870. The average molecular weight is 498 g/mol. The monoisotopic (exact) mass is 497 g/mol. The molecule has 1 aromatic carbocycles. The summed E-state index contributed by atoms with van der Waals surface area (Å²) >= 11 is 0. The third kappa shape index (κ3) is 9.81. The molecule has 0 radical (unpaired) electrons. The smallest absolute Gasteiger partial charge is 0.480 e. The van der Waals surface area contributed by atoms with Gasteiger partial charge in [-0.25, -0.2) is 9.59 Å². The molecule has 1 rings (SSSR count). The molecule has 2 unspecified atom stereocenters. The number of carboxylic acids is 1. The number of aliphatic carboxylic acids is 1. The van der Waals surface area contributed by atoms with Crippen molar-refractivity contribution in [2.45, 2.75) is 59.4 Å². The van der Waals surface area contributed by atoms with Crippen LogP contribution in [0.25, 0.3) is 0 Å². The molecular formula is C24H35NO10. The van der Waals surface area contributed by atoms with Gasteiger partial charge in [0.05, 0.1) is 25.7 Å². The van der Waals surface area contributed by atoms with Crippen LogP contribution in [0.4, 0.5) is 9.59 Å². The first-order chi connectivity index (χ1) is 16.5. The minimum atomic E-state index is -1.37. The molecule has 0 heterocycles. The number of carbonyl (C=O) groups is 4. The van der Waals surface area contributed by atoms with Crippen molar-refractivity contribution in [1.82, 2.24) is 0 Å². The van der Waals surface area contributed by atoms with Crippen LogP contribution >= 0.6 is 0 Å². The van der Waals surface area contributed by atoms with E-state index in [0.717, 1.165) is 0 Å². The third-order valence-corrected chi connectivity index (χ3v) is 4.83. The number of nitrogens with two attached hydrogens (primary N) is 1. The zero-order valence-corrected chi connectivity index (χ0v) is 20.8. The number of carboxylic acid groups (broad SMARTS) is 1. The number of hydrogen-bond acceptors (Lipinski definition) is 10. The van der Waals surface area contributed by atoms with E-state index in [2.05, 4.69) is 0 Å². The van der Waals surface area contributed by atoms with E-state index in [1.807, 2.05) is 6.92 Å². The van der Waals surface area contributed by atoms with Gasteiger partial charge in [-0.3, -0.25) is 9.59 Å². The Balaban J connectivity index is 3.33. The topological polar surface area (TPSA) is 161 Å². The fourth-order valence-electron chi connectivity index (χ4n) is 3.03. The molecule has 0 fully saturated rings. The predicted molar refractivity (Wildman–Crippen MR) is 124 cm³/mol. The van der Waals surface area contributed by atoms with Crippen molar-refractivity contribution >= 4 is 24.2 Å². The maximum atomic E-state index is 12.1. The highest BCUT2D eigenvalue weighted by atomic mass is 16.7. The molecule has 0 aliphatic carbocycles. The van der Waals surface area contributed by atoms with Crippen molar-refractivity contribution in [2.75, 3.05) is 19.8 Å². The standard InChI is InChI=1S/C24H35NO10/c1-6-10-31-23(29)34-17-9-8-16(12-18(17)35-24(30)32-11-7-2)19(20(25)21(26)27)15(5)13-33-22(28)14(3)4/h8-9,12,14-15,19-20H,6-7,10-11,13,25H2,1-5H3,(H,26,27)/t15?,19?,20-/m0/s1. The molecule has 35 heavy (non-hydrogen) atoms. The normalized spacial score (nSPS) is 13.3. The summed E-state index contributed by atoms with van der Waals surface area (Å²) in [7, 11) is 0. The van der Waals surface area contributed by atoms with Gasteiger partial charge in [-0.05, 0) is 36.5 Å². The summed E-state index contributed by atoms with van der Waals surface area (Å²) in [6.45, 7) is 8.82. The Morgan fingerprint density at radius 1 is 0.886 bits per heavy atom. The minimum absolute atomic E-state index is 0.0843. The fraction of sp³-hybridized carbons (Fsp3) is 0.583. The Morgan fingerprint density at radius 2 is 1.43 bits per heavy atom. The van der Waals surface area contributed by atoms with Crippen LogP contribution < -0.4 is 15.2 Å². The second kappa shape index (κ2) is 14.8. The van der Waals surface area contributed by atoms with Crippen LogP contribution in [0.2, 0.25) is 0 Å². The van der Waals surface area contributed by atoms with Crippen LogP contribution in [0.5, 0.6) is 11.5 Å². The largest absolute Gasteiger partial charge is 0.513 e. The van der Waals surface area contributed by atoms with E-state index in [-0.39, 0.29) is 37.2 Å². The second-order valence-electron chi connectivity index (χ2n) is 8.26. The van der Waals surface area contributed by atoms with E-state index in [0.29, 0.717) is 18.4 Å². The zero-order valence-electron chi connectivity index (χ0n) is 20.8. The summed E-state index contributed by atoms with van der Waals surface area (Å²) in [6, 6.07) is 2.79.